The maximum Gasteiger partial charge on any atom is 0.259 e. The van der Waals surface area contributed by atoms with Gasteiger partial charge in [0.1, 0.15) is 5.75 Å². The maximum absolute atomic E-state index is 12.6. The number of methoxy groups -OCH3 is 1. The molecule has 1 amide bonds. The molecule has 0 bridgehead atoms. The van der Waals surface area contributed by atoms with Gasteiger partial charge in [0.25, 0.3) is 5.91 Å². The largest absolute Gasteiger partial charge is 0.495 e. The van der Waals surface area contributed by atoms with E-state index in [0.29, 0.717) is 22.2 Å². The zero-order chi connectivity index (χ0) is 14.1. The maximum atomic E-state index is 12.6. The van der Waals surface area contributed by atoms with Crippen molar-refractivity contribution in [1.82, 2.24) is 0 Å². The SMILES string of the molecule is COc1ccc(C(=O)N2CSc3ccccc32)cc1Cl. The first-order chi connectivity index (χ1) is 9.70. The first-order valence-corrected chi connectivity index (χ1v) is 7.44. The van der Waals surface area contributed by atoms with Gasteiger partial charge in [0.05, 0.1) is 23.7 Å². The van der Waals surface area contributed by atoms with Crippen LogP contribution in [0.1, 0.15) is 10.4 Å². The van der Waals surface area contributed by atoms with Crippen molar-refractivity contribution >= 4 is 35.0 Å². The number of carbonyl (C=O) groups is 1. The molecule has 3 nitrogen and oxygen atoms in total. The van der Waals surface area contributed by atoms with Crippen LogP contribution in [0.3, 0.4) is 0 Å². The van der Waals surface area contributed by atoms with Crippen LogP contribution in [0, 0.1) is 0 Å². The number of hydrogen-bond acceptors (Lipinski definition) is 3. The molecule has 0 unspecified atom stereocenters. The quantitative estimate of drug-likeness (QED) is 0.838. The number of rotatable bonds is 2. The minimum Gasteiger partial charge on any atom is -0.495 e. The highest BCUT2D eigenvalue weighted by atomic mass is 35.5. The lowest BCUT2D eigenvalue weighted by Gasteiger charge is -2.16. The molecule has 2 aromatic carbocycles. The predicted molar refractivity (Wildman–Crippen MR) is 82.0 cm³/mol. The molecular weight excluding hydrogens is 294 g/mol. The van der Waals surface area contributed by atoms with E-state index in [4.69, 9.17) is 16.3 Å². The van der Waals surface area contributed by atoms with E-state index in [1.54, 1.807) is 42.0 Å². The van der Waals surface area contributed by atoms with Gasteiger partial charge in [-0.3, -0.25) is 9.69 Å². The van der Waals surface area contributed by atoms with Crippen molar-refractivity contribution in [3.05, 3.63) is 53.1 Å². The summed E-state index contributed by atoms with van der Waals surface area (Å²) in [6.07, 6.45) is 0. The number of amides is 1. The van der Waals surface area contributed by atoms with Gasteiger partial charge in [-0.05, 0) is 30.3 Å². The van der Waals surface area contributed by atoms with Gasteiger partial charge in [-0.15, -0.1) is 11.8 Å². The first-order valence-electron chi connectivity index (χ1n) is 6.08. The summed E-state index contributed by atoms with van der Waals surface area (Å²) in [4.78, 5) is 15.5. The van der Waals surface area contributed by atoms with Crippen molar-refractivity contribution in [3.63, 3.8) is 0 Å². The van der Waals surface area contributed by atoms with Gasteiger partial charge in [-0.2, -0.15) is 0 Å². The second-order valence-electron chi connectivity index (χ2n) is 4.32. The summed E-state index contributed by atoms with van der Waals surface area (Å²) in [5.41, 5.74) is 1.52. The van der Waals surface area contributed by atoms with Gasteiger partial charge in [-0.1, -0.05) is 23.7 Å². The average molecular weight is 306 g/mol. The lowest BCUT2D eigenvalue weighted by Crippen LogP contribution is -2.27. The van der Waals surface area contributed by atoms with Crippen LogP contribution in [-0.4, -0.2) is 18.9 Å². The van der Waals surface area contributed by atoms with Gasteiger partial charge in [0, 0.05) is 10.5 Å². The molecule has 0 aliphatic carbocycles. The molecule has 0 spiro atoms. The molecule has 2 aromatic rings. The number of fused-ring (bicyclic) bond motifs is 1. The molecule has 1 aliphatic rings. The molecule has 0 radical (unpaired) electrons. The molecule has 1 aliphatic heterocycles. The zero-order valence-corrected chi connectivity index (χ0v) is 12.4. The van der Waals surface area contributed by atoms with Crippen LogP contribution >= 0.6 is 23.4 Å². The molecule has 0 aromatic heterocycles. The Morgan fingerprint density at radius 3 is 2.85 bits per heavy atom. The Bertz CT molecular complexity index is 675. The lowest BCUT2D eigenvalue weighted by molar-refractivity contribution is 0.0992. The molecule has 1 heterocycles. The Hall–Kier alpha value is -1.65. The van der Waals surface area contributed by atoms with E-state index in [0.717, 1.165) is 10.6 Å². The molecule has 20 heavy (non-hydrogen) atoms. The van der Waals surface area contributed by atoms with Gasteiger partial charge < -0.3 is 4.74 Å². The topological polar surface area (TPSA) is 29.5 Å². The number of ether oxygens (including phenoxy) is 1. The fourth-order valence-corrected chi connectivity index (χ4v) is 3.41. The Kier molecular flexibility index (Phi) is 3.59. The van der Waals surface area contributed by atoms with Crippen molar-refractivity contribution in [2.45, 2.75) is 4.90 Å². The van der Waals surface area contributed by atoms with Crippen LogP contribution < -0.4 is 9.64 Å². The highest BCUT2D eigenvalue weighted by molar-refractivity contribution is 8.00. The Morgan fingerprint density at radius 1 is 1.30 bits per heavy atom. The lowest BCUT2D eigenvalue weighted by atomic mass is 10.2. The van der Waals surface area contributed by atoms with Crippen LogP contribution in [0.2, 0.25) is 5.02 Å². The van der Waals surface area contributed by atoms with E-state index < -0.39 is 0 Å². The smallest absolute Gasteiger partial charge is 0.259 e. The zero-order valence-electron chi connectivity index (χ0n) is 10.8. The summed E-state index contributed by atoms with van der Waals surface area (Å²) in [6, 6.07) is 13.0. The highest BCUT2D eigenvalue weighted by Gasteiger charge is 2.26. The van der Waals surface area contributed by atoms with Crippen molar-refractivity contribution < 1.29 is 9.53 Å². The summed E-state index contributed by atoms with van der Waals surface area (Å²) in [5, 5.41) is 0.443. The molecule has 5 heteroatoms. The van der Waals surface area contributed by atoms with E-state index in [2.05, 4.69) is 0 Å². The molecule has 102 valence electrons. The van der Waals surface area contributed by atoms with Crippen molar-refractivity contribution in [3.8, 4) is 5.75 Å². The van der Waals surface area contributed by atoms with Crippen LogP contribution in [0.4, 0.5) is 5.69 Å². The summed E-state index contributed by atoms with van der Waals surface area (Å²) in [7, 11) is 1.55. The van der Waals surface area contributed by atoms with Crippen LogP contribution in [0.15, 0.2) is 47.4 Å². The van der Waals surface area contributed by atoms with E-state index in [1.165, 1.54) is 0 Å². The van der Waals surface area contributed by atoms with Gasteiger partial charge in [0.2, 0.25) is 0 Å². The molecule has 0 atom stereocenters. The average Bonchev–Trinajstić information content (AvgIpc) is 2.90. The van der Waals surface area contributed by atoms with E-state index >= 15 is 0 Å². The number of thioether (sulfide) groups is 1. The number of carbonyl (C=O) groups excluding carboxylic acids is 1. The van der Waals surface area contributed by atoms with Crippen LogP contribution in [0.25, 0.3) is 0 Å². The second-order valence-corrected chi connectivity index (χ2v) is 5.72. The number of nitrogens with zero attached hydrogens (tertiary/aromatic N) is 1. The number of hydrogen-bond donors (Lipinski definition) is 0. The number of para-hydroxylation sites is 1. The fourth-order valence-electron chi connectivity index (χ4n) is 2.13. The molecule has 0 saturated heterocycles. The van der Waals surface area contributed by atoms with Crippen molar-refractivity contribution in [2.75, 3.05) is 17.9 Å². The molecule has 0 fully saturated rings. The summed E-state index contributed by atoms with van der Waals surface area (Å²) in [6.45, 7) is 0. The summed E-state index contributed by atoms with van der Waals surface area (Å²) in [5.74, 6) is 1.15. The molecule has 3 rings (SSSR count). The number of anilines is 1. The highest BCUT2D eigenvalue weighted by Crippen LogP contribution is 2.39. The van der Waals surface area contributed by atoms with E-state index in [-0.39, 0.29) is 5.91 Å². The van der Waals surface area contributed by atoms with Crippen LogP contribution in [0.5, 0.6) is 5.75 Å². The standard InChI is InChI=1S/C15H12ClNO2S/c1-19-13-7-6-10(8-11(13)16)15(18)17-9-20-14-5-3-2-4-12(14)17/h2-8H,9H2,1H3. The van der Waals surface area contributed by atoms with E-state index in [1.807, 2.05) is 24.3 Å². The minimum atomic E-state index is -0.0491. The second kappa shape index (κ2) is 5.38. The predicted octanol–water partition coefficient (Wildman–Crippen LogP) is 4.06. The monoisotopic (exact) mass is 305 g/mol. The van der Waals surface area contributed by atoms with Gasteiger partial charge in [0.15, 0.2) is 0 Å². The molecule has 0 N–H and O–H groups in total. The van der Waals surface area contributed by atoms with Gasteiger partial charge in [-0.25, -0.2) is 0 Å². The Labute approximate surface area is 126 Å². The third-order valence-corrected chi connectivity index (χ3v) is 4.49. The summed E-state index contributed by atoms with van der Waals surface area (Å²) >= 11 is 7.74. The van der Waals surface area contributed by atoms with Crippen molar-refractivity contribution in [1.29, 1.82) is 0 Å². The van der Waals surface area contributed by atoms with E-state index in [9.17, 15) is 4.79 Å². The first kappa shape index (κ1) is 13.3. The third-order valence-electron chi connectivity index (χ3n) is 3.15. The Balaban J connectivity index is 1.93. The number of halogens is 1. The Morgan fingerprint density at radius 2 is 2.10 bits per heavy atom. The number of benzene rings is 2. The summed E-state index contributed by atoms with van der Waals surface area (Å²) < 4.78 is 5.10. The third kappa shape index (κ3) is 2.25. The van der Waals surface area contributed by atoms with Crippen molar-refractivity contribution in [2.24, 2.45) is 0 Å². The normalized spacial score (nSPS) is 13.2. The fraction of sp³-hybridized carbons (Fsp3) is 0.133. The molecule has 0 saturated carbocycles. The minimum absolute atomic E-state index is 0.0491. The molecular formula is C15H12ClNO2S. The van der Waals surface area contributed by atoms with Gasteiger partial charge >= 0.3 is 0 Å². The van der Waals surface area contributed by atoms with Crippen LogP contribution in [-0.2, 0) is 0 Å².